The standard InChI is InChI=1S/C11H15N5O2/c1-3-8-5-9(16(4-2)13-8)6-15-7-10(11(17)18)12-14-15/h5,7H,3-4,6H2,1-2H3,(H,17,18). The van der Waals surface area contributed by atoms with E-state index in [1.165, 1.54) is 10.9 Å². The highest BCUT2D eigenvalue weighted by molar-refractivity contribution is 5.84. The fourth-order valence-electron chi connectivity index (χ4n) is 1.73. The Morgan fingerprint density at radius 3 is 2.78 bits per heavy atom. The van der Waals surface area contributed by atoms with Gasteiger partial charge in [-0.2, -0.15) is 5.10 Å². The van der Waals surface area contributed by atoms with Crippen LogP contribution in [0.1, 0.15) is 35.7 Å². The van der Waals surface area contributed by atoms with Gasteiger partial charge in [0, 0.05) is 6.54 Å². The zero-order valence-electron chi connectivity index (χ0n) is 10.4. The van der Waals surface area contributed by atoms with Crippen molar-refractivity contribution in [2.24, 2.45) is 0 Å². The summed E-state index contributed by atoms with van der Waals surface area (Å²) in [5, 5.41) is 20.6. The van der Waals surface area contributed by atoms with Crippen molar-refractivity contribution in [3.63, 3.8) is 0 Å². The first-order valence-corrected chi connectivity index (χ1v) is 5.83. The second-order valence-corrected chi connectivity index (χ2v) is 3.90. The molecule has 7 nitrogen and oxygen atoms in total. The van der Waals surface area contributed by atoms with Gasteiger partial charge in [-0.1, -0.05) is 12.1 Å². The van der Waals surface area contributed by atoms with E-state index in [4.69, 9.17) is 5.11 Å². The molecule has 0 amide bonds. The van der Waals surface area contributed by atoms with E-state index in [2.05, 4.69) is 15.4 Å². The first kappa shape index (κ1) is 12.3. The van der Waals surface area contributed by atoms with Crippen molar-refractivity contribution in [3.05, 3.63) is 29.3 Å². The lowest BCUT2D eigenvalue weighted by Gasteiger charge is -2.03. The second-order valence-electron chi connectivity index (χ2n) is 3.90. The summed E-state index contributed by atoms with van der Waals surface area (Å²) in [5.41, 5.74) is 1.97. The van der Waals surface area contributed by atoms with Crippen LogP contribution in [-0.4, -0.2) is 35.9 Å². The van der Waals surface area contributed by atoms with E-state index in [0.29, 0.717) is 6.54 Å². The predicted octanol–water partition coefficient (Wildman–Crippen LogP) is 0.803. The maximum absolute atomic E-state index is 10.7. The predicted molar refractivity (Wildman–Crippen MR) is 63.4 cm³/mol. The molecule has 96 valence electrons. The summed E-state index contributed by atoms with van der Waals surface area (Å²) < 4.78 is 3.40. The van der Waals surface area contributed by atoms with E-state index < -0.39 is 5.97 Å². The van der Waals surface area contributed by atoms with Crippen molar-refractivity contribution in [2.75, 3.05) is 0 Å². The van der Waals surface area contributed by atoms with Gasteiger partial charge in [0.05, 0.1) is 24.1 Å². The summed E-state index contributed by atoms with van der Waals surface area (Å²) in [6, 6.07) is 2.01. The van der Waals surface area contributed by atoms with Gasteiger partial charge in [-0.25, -0.2) is 9.48 Å². The fraction of sp³-hybridized carbons (Fsp3) is 0.455. The molecule has 2 aromatic rings. The number of hydrogen-bond donors (Lipinski definition) is 1. The molecular formula is C11H15N5O2. The summed E-state index contributed by atoms with van der Waals surface area (Å²) in [5.74, 6) is -1.07. The van der Waals surface area contributed by atoms with Gasteiger partial charge in [-0.05, 0) is 19.4 Å². The third kappa shape index (κ3) is 2.39. The van der Waals surface area contributed by atoms with Gasteiger partial charge < -0.3 is 5.11 Å². The molecule has 2 aromatic heterocycles. The maximum atomic E-state index is 10.7. The quantitative estimate of drug-likeness (QED) is 0.847. The molecule has 0 radical (unpaired) electrons. The first-order valence-electron chi connectivity index (χ1n) is 5.83. The molecule has 2 heterocycles. The number of carbonyl (C=O) groups is 1. The topological polar surface area (TPSA) is 85.8 Å². The van der Waals surface area contributed by atoms with Crippen molar-refractivity contribution in [1.29, 1.82) is 0 Å². The Morgan fingerprint density at radius 2 is 2.22 bits per heavy atom. The Morgan fingerprint density at radius 1 is 1.44 bits per heavy atom. The summed E-state index contributed by atoms with van der Waals surface area (Å²) in [6.07, 6.45) is 2.29. The molecule has 0 aliphatic rings. The van der Waals surface area contributed by atoms with Crippen LogP contribution < -0.4 is 0 Å². The lowest BCUT2D eigenvalue weighted by atomic mass is 10.3. The number of rotatable bonds is 5. The molecular weight excluding hydrogens is 234 g/mol. The molecule has 18 heavy (non-hydrogen) atoms. The van der Waals surface area contributed by atoms with E-state index in [-0.39, 0.29) is 5.69 Å². The summed E-state index contributed by atoms with van der Waals surface area (Å²) in [7, 11) is 0. The van der Waals surface area contributed by atoms with Crippen molar-refractivity contribution in [2.45, 2.75) is 33.4 Å². The van der Waals surface area contributed by atoms with Crippen LogP contribution >= 0.6 is 0 Å². The van der Waals surface area contributed by atoms with Gasteiger partial charge in [-0.15, -0.1) is 5.10 Å². The van der Waals surface area contributed by atoms with Crippen LogP contribution in [0, 0.1) is 0 Å². The normalized spacial score (nSPS) is 10.8. The molecule has 0 aliphatic heterocycles. The van der Waals surface area contributed by atoms with Gasteiger partial charge in [-0.3, -0.25) is 4.68 Å². The van der Waals surface area contributed by atoms with Gasteiger partial charge in [0.25, 0.3) is 0 Å². The summed E-state index contributed by atoms with van der Waals surface area (Å²) >= 11 is 0. The zero-order chi connectivity index (χ0) is 13.1. The number of aromatic nitrogens is 5. The molecule has 0 spiro atoms. The third-order valence-corrected chi connectivity index (χ3v) is 2.66. The van der Waals surface area contributed by atoms with E-state index in [1.807, 2.05) is 24.6 Å². The summed E-state index contributed by atoms with van der Waals surface area (Å²) in [4.78, 5) is 10.7. The number of carboxylic acid groups (broad SMARTS) is 1. The van der Waals surface area contributed by atoms with E-state index in [0.717, 1.165) is 24.4 Å². The highest BCUT2D eigenvalue weighted by atomic mass is 16.4. The third-order valence-electron chi connectivity index (χ3n) is 2.66. The molecule has 0 unspecified atom stereocenters. The second kappa shape index (κ2) is 4.99. The van der Waals surface area contributed by atoms with Gasteiger partial charge in [0.1, 0.15) is 0 Å². The van der Waals surface area contributed by atoms with Crippen LogP contribution in [-0.2, 0) is 19.5 Å². The van der Waals surface area contributed by atoms with Gasteiger partial charge >= 0.3 is 5.97 Å². The summed E-state index contributed by atoms with van der Waals surface area (Å²) in [6.45, 7) is 5.31. The Hall–Kier alpha value is -2.18. The van der Waals surface area contributed by atoms with E-state index >= 15 is 0 Å². The smallest absolute Gasteiger partial charge is 0.358 e. The Balaban J connectivity index is 2.21. The van der Waals surface area contributed by atoms with Crippen LogP contribution in [0.2, 0.25) is 0 Å². The fourth-order valence-corrected chi connectivity index (χ4v) is 1.73. The lowest BCUT2D eigenvalue weighted by Crippen LogP contribution is -2.08. The number of nitrogens with zero attached hydrogens (tertiary/aromatic N) is 5. The number of hydrogen-bond acceptors (Lipinski definition) is 4. The Labute approximate surface area is 104 Å². The lowest BCUT2D eigenvalue weighted by molar-refractivity contribution is 0.0690. The molecule has 0 fully saturated rings. The van der Waals surface area contributed by atoms with Crippen LogP contribution in [0.5, 0.6) is 0 Å². The molecule has 0 bridgehead atoms. The minimum atomic E-state index is -1.07. The maximum Gasteiger partial charge on any atom is 0.358 e. The van der Waals surface area contributed by atoms with E-state index in [9.17, 15) is 4.79 Å². The zero-order valence-corrected chi connectivity index (χ0v) is 10.4. The molecule has 0 aliphatic carbocycles. The van der Waals surface area contributed by atoms with Gasteiger partial charge in [0.2, 0.25) is 0 Å². The Bertz CT molecular complexity index is 558. The molecule has 0 aromatic carbocycles. The van der Waals surface area contributed by atoms with Crippen LogP contribution in [0.15, 0.2) is 12.3 Å². The van der Waals surface area contributed by atoms with Crippen LogP contribution in [0.25, 0.3) is 0 Å². The van der Waals surface area contributed by atoms with Crippen molar-refractivity contribution in [1.82, 2.24) is 24.8 Å². The monoisotopic (exact) mass is 249 g/mol. The van der Waals surface area contributed by atoms with Crippen LogP contribution in [0.3, 0.4) is 0 Å². The minimum absolute atomic E-state index is 0.0479. The first-order chi connectivity index (χ1) is 8.63. The number of aromatic carboxylic acids is 1. The highest BCUT2D eigenvalue weighted by Gasteiger charge is 2.11. The van der Waals surface area contributed by atoms with Crippen molar-refractivity contribution < 1.29 is 9.90 Å². The van der Waals surface area contributed by atoms with Gasteiger partial charge in [0.15, 0.2) is 5.69 Å². The molecule has 0 saturated heterocycles. The molecule has 7 heteroatoms. The highest BCUT2D eigenvalue weighted by Crippen LogP contribution is 2.07. The molecule has 2 rings (SSSR count). The van der Waals surface area contributed by atoms with Crippen molar-refractivity contribution >= 4 is 5.97 Å². The van der Waals surface area contributed by atoms with E-state index in [1.54, 1.807) is 0 Å². The van der Waals surface area contributed by atoms with Crippen molar-refractivity contribution in [3.8, 4) is 0 Å². The largest absolute Gasteiger partial charge is 0.476 e. The minimum Gasteiger partial charge on any atom is -0.476 e. The van der Waals surface area contributed by atoms with Crippen LogP contribution in [0.4, 0.5) is 0 Å². The Kier molecular flexibility index (Phi) is 3.40. The molecule has 1 N–H and O–H groups in total. The average molecular weight is 249 g/mol. The average Bonchev–Trinajstić information content (AvgIpc) is 2.96. The number of carboxylic acids is 1. The molecule has 0 saturated carbocycles. The molecule has 0 atom stereocenters. The number of aryl methyl sites for hydroxylation is 2. The SMILES string of the molecule is CCc1cc(Cn2cc(C(=O)O)nn2)n(CC)n1.